The van der Waals surface area contributed by atoms with E-state index in [1.54, 1.807) is 0 Å². The molecule has 0 saturated heterocycles. The highest BCUT2D eigenvalue weighted by atomic mass is 31.1. The fraction of sp³-hybridized carbons (Fsp3) is 0.138. The molecule has 1 saturated carbocycles. The first-order chi connectivity index (χ1) is 15.3. The topological polar surface area (TPSA) is 0 Å². The van der Waals surface area contributed by atoms with Crippen LogP contribution in [0.1, 0.15) is 6.92 Å². The third kappa shape index (κ3) is 4.44. The molecule has 0 aromatic heterocycles. The fourth-order valence-corrected chi connectivity index (χ4v) is 10.5. The SMILES string of the molecule is C[C@H]([C]1[CH][CH][CH][C]1P(c1ccccc1)c1ccccc1)P(C1C=CC=C1)C1C=CC=C1. The smallest absolute Gasteiger partial charge is 0.0201 e. The van der Waals surface area contributed by atoms with Gasteiger partial charge in [0.05, 0.1) is 0 Å². The van der Waals surface area contributed by atoms with Crippen LogP contribution >= 0.6 is 15.8 Å². The van der Waals surface area contributed by atoms with Crippen LogP contribution in [-0.2, 0) is 0 Å². The van der Waals surface area contributed by atoms with E-state index >= 15 is 0 Å². The van der Waals surface area contributed by atoms with E-state index in [1.165, 1.54) is 22.2 Å². The Labute approximate surface area is 190 Å². The van der Waals surface area contributed by atoms with Gasteiger partial charge < -0.3 is 0 Å². The normalized spacial score (nSPS) is 20.7. The van der Waals surface area contributed by atoms with Crippen LogP contribution in [0.3, 0.4) is 0 Å². The lowest BCUT2D eigenvalue weighted by atomic mass is 10.0. The maximum absolute atomic E-state index is 2.47. The van der Waals surface area contributed by atoms with E-state index in [4.69, 9.17) is 0 Å². The zero-order valence-electron chi connectivity index (χ0n) is 17.8. The Morgan fingerprint density at radius 1 is 0.645 bits per heavy atom. The average molecular weight is 437 g/mol. The molecule has 0 aliphatic heterocycles. The van der Waals surface area contributed by atoms with Gasteiger partial charge in [-0.3, -0.25) is 0 Å². The van der Waals surface area contributed by atoms with Crippen molar-refractivity contribution in [2.24, 2.45) is 0 Å². The Balaban J connectivity index is 1.49. The summed E-state index contributed by atoms with van der Waals surface area (Å²) in [5.41, 5.74) is 3.13. The highest BCUT2D eigenvalue weighted by Gasteiger charge is 2.44. The zero-order valence-corrected chi connectivity index (χ0v) is 19.5. The molecule has 0 heterocycles. The molecule has 1 atom stereocenters. The van der Waals surface area contributed by atoms with Crippen LogP contribution in [0, 0.1) is 30.8 Å². The number of allylic oxidation sites excluding steroid dienone is 8. The van der Waals surface area contributed by atoms with Gasteiger partial charge in [0.15, 0.2) is 0 Å². The molecule has 0 spiro atoms. The Morgan fingerprint density at radius 3 is 1.61 bits per heavy atom. The van der Waals surface area contributed by atoms with Crippen molar-refractivity contribution < 1.29 is 0 Å². The van der Waals surface area contributed by atoms with E-state index in [0.717, 1.165) is 0 Å². The minimum Gasteiger partial charge on any atom is -0.0811 e. The van der Waals surface area contributed by atoms with Crippen LogP contribution in [-0.4, -0.2) is 17.0 Å². The van der Waals surface area contributed by atoms with Crippen molar-refractivity contribution in [3.05, 3.63) is 140 Å². The molecule has 2 aromatic rings. The summed E-state index contributed by atoms with van der Waals surface area (Å²) in [5.74, 6) is 1.53. The lowest BCUT2D eigenvalue weighted by Gasteiger charge is -2.39. The van der Waals surface area contributed by atoms with E-state index in [-0.39, 0.29) is 7.92 Å². The van der Waals surface area contributed by atoms with Gasteiger partial charge in [-0.05, 0) is 49.4 Å². The second-order valence-corrected chi connectivity index (χ2v) is 13.1. The highest BCUT2D eigenvalue weighted by Crippen LogP contribution is 2.65. The number of rotatable bonds is 7. The highest BCUT2D eigenvalue weighted by molar-refractivity contribution is 7.76. The molecule has 2 aromatic carbocycles. The van der Waals surface area contributed by atoms with Crippen LogP contribution < -0.4 is 10.6 Å². The van der Waals surface area contributed by atoms with Crippen LogP contribution in [0.25, 0.3) is 0 Å². The van der Waals surface area contributed by atoms with Crippen molar-refractivity contribution in [2.75, 3.05) is 0 Å². The van der Waals surface area contributed by atoms with Gasteiger partial charge >= 0.3 is 0 Å². The lowest BCUT2D eigenvalue weighted by Crippen LogP contribution is -2.27. The van der Waals surface area contributed by atoms with Crippen LogP contribution in [0.2, 0.25) is 0 Å². The summed E-state index contributed by atoms with van der Waals surface area (Å²) in [5, 5.41) is 2.85. The van der Waals surface area contributed by atoms with Gasteiger partial charge in [-0.15, -0.1) is 0 Å². The van der Waals surface area contributed by atoms with Crippen molar-refractivity contribution in [3.8, 4) is 0 Å². The first kappa shape index (κ1) is 21.1. The van der Waals surface area contributed by atoms with Crippen LogP contribution in [0.4, 0.5) is 0 Å². The second-order valence-electron chi connectivity index (χ2n) is 8.02. The summed E-state index contributed by atoms with van der Waals surface area (Å²) >= 11 is 0. The van der Waals surface area contributed by atoms with Crippen molar-refractivity contribution in [1.29, 1.82) is 0 Å². The van der Waals surface area contributed by atoms with E-state index in [1.807, 2.05) is 0 Å². The molecule has 2 heteroatoms. The van der Waals surface area contributed by atoms with Gasteiger partial charge in [0.1, 0.15) is 0 Å². The molecule has 3 aliphatic carbocycles. The minimum atomic E-state index is -0.573. The molecule has 1 fully saturated rings. The van der Waals surface area contributed by atoms with E-state index in [0.29, 0.717) is 17.0 Å². The predicted octanol–water partition coefficient (Wildman–Crippen LogP) is 6.71. The van der Waals surface area contributed by atoms with Gasteiger partial charge in [0.2, 0.25) is 0 Å². The fourth-order valence-electron chi connectivity index (χ4n) is 4.68. The van der Waals surface area contributed by atoms with Crippen molar-refractivity contribution in [1.82, 2.24) is 0 Å². The van der Waals surface area contributed by atoms with Gasteiger partial charge in [0.25, 0.3) is 0 Å². The van der Waals surface area contributed by atoms with Gasteiger partial charge in [-0.25, -0.2) is 0 Å². The number of hydrogen-bond acceptors (Lipinski definition) is 0. The van der Waals surface area contributed by atoms with Gasteiger partial charge in [0, 0.05) is 17.0 Å². The maximum Gasteiger partial charge on any atom is 0.0201 e. The quantitative estimate of drug-likeness (QED) is 0.422. The molecule has 0 bridgehead atoms. The van der Waals surface area contributed by atoms with E-state index < -0.39 is 7.92 Å². The third-order valence-electron chi connectivity index (χ3n) is 6.14. The first-order valence-corrected chi connectivity index (χ1v) is 13.9. The summed E-state index contributed by atoms with van der Waals surface area (Å²) in [4.78, 5) is 0. The molecule has 5 rings (SSSR count). The Morgan fingerprint density at radius 2 is 1.13 bits per heavy atom. The molecule has 0 nitrogen and oxygen atoms in total. The molecule has 153 valence electrons. The molecule has 0 amide bonds. The molecule has 0 N–H and O–H groups in total. The summed E-state index contributed by atoms with van der Waals surface area (Å²) in [6.07, 6.45) is 25.6. The molecule has 5 radical (unpaired) electrons. The third-order valence-corrected chi connectivity index (χ3v) is 11.9. The van der Waals surface area contributed by atoms with Gasteiger partial charge in [-0.1, -0.05) is 124 Å². The van der Waals surface area contributed by atoms with Crippen LogP contribution in [0.5, 0.6) is 0 Å². The van der Waals surface area contributed by atoms with E-state index in [9.17, 15) is 0 Å². The Bertz CT molecular complexity index is 881. The molecular formula is C29H27P2. The van der Waals surface area contributed by atoms with Gasteiger partial charge in [-0.2, -0.15) is 0 Å². The summed E-state index contributed by atoms with van der Waals surface area (Å²) < 4.78 is 0. The summed E-state index contributed by atoms with van der Waals surface area (Å²) in [6, 6.07) is 22.1. The monoisotopic (exact) mass is 437 g/mol. The average Bonchev–Trinajstić information content (AvgIpc) is 3.59. The minimum absolute atomic E-state index is 0.290. The van der Waals surface area contributed by atoms with Crippen LogP contribution in [0.15, 0.2) is 109 Å². The second kappa shape index (κ2) is 9.81. The number of benzene rings is 2. The zero-order chi connectivity index (χ0) is 21.0. The largest absolute Gasteiger partial charge is 0.0811 e. The summed E-state index contributed by atoms with van der Waals surface area (Å²) in [7, 11) is -0.863. The number of hydrogen-bond donors (Lipinski definition) is 0. The van der Waals surface area contributed by atoms with E-state index in [2.05, 4.69) is 135 Å². The first-order valence-electron chi connectivity index (χ1n) is 11.0. The predicted molar refractivity (Wildman–Crippen MR) is 139 cm³/mol. The lowest BCUT2D eigenvalue weighted by molar-refractivity contribution is 0.975. The summed E-state index contributed by atoms with van der Waals surface area (Å²) in [6.45, 7) is 2.47. The molecule has 0 unspecified atom stereocenters. The molecule has 31 heavy (non-hydrogen) atoms. The standard InChI is InChI=1S/C29H27P2/c1-23(30(24-17-8-9-18-24)25-19-10-11-20-25)28-21-12-22-29(28)31(26-13-4-2-5-14-26)27-15-6-3-7-16-27/h2-25H,1H3/t23-/m1/s1. The van der Waals surface area contributed by atoms with Crippen molar-refractivity contribution in [3.63, 3.8) is 0 Å². The Kier molecular flexibility index (Phi) is 6.69. The molecular weight excluding hydrogens is 410 g/mol. The maximum atomic E-state index is 2.47. The Hall–Kier alpha value is -1.74. The van der Waals surface area contributed by atoms with Crippen molar-refractivity contribution in [2.45, 2.75) is 23.9 Å². The molecule has 3 aliphatic rings. The van der Waals surface area contributed by atoms with Crippen molar-refractivity contribution >= 4 is 26.5 Å².